The van der Waals surface area contributed by atoms with E-state index < -0.39 is 35.9 Å². The van der Waals surface area contributed by atoms with Crippen LogP contribution in [0.25, 0.3) is 11.2 Å². The Morgan fingerprint density at radius 1 is 0.854 bits per heavy atom. The average Bonchev–Trinajstić information content (AvgIpc) is 3.79. The van der Waals surface area contributed by atoms with Crippen molar-refractivity contribution in [1.29, 1.82) is 5.41 Å². The molecule has 11 nitrogen and oxygen atoms in total. The minimum absolute atomic E-state index is 0.192. The molecule has 0 radical (unpaired) electrons. The standard InChI is InChI=1S/C37H41N5O6/c1-36(2)47-31-29(22-43)46-35(32(31)48-36)42-24-39-30-33(38)41(23-40-34(30)42)20-10-11-21-45-37(25-12-6-4-7-13-25,26-14-8-5-9-15-26)27-16-18-28(44-3)19-17-27/h4-9,12-19,23-24,29,31-32,35,38,43H,10-11,20-22H2,1-3H3/t29-,31-,32-,35-/m1/s1. The number of rotatable bonds is 12. The Hall–Kier alpha value is -4.39. The predicted octanol–water partition coefficient (Wildman–Crippen LogP) is 4.92. The zero-order chi connectivity index (χ0) is 33.3. The molecule has 2 fully saturated rings. The highest BCUT2D eigenvalue weighted by Crippen LogP contribution is 2.44. The van der Waals surface area contributed by atoms with Crippen LogP contribution in [0.2, 0.25) is 0 Å². The monoisotopic (exact) mass is 651 g/mol. The van der Waals surface area contributed by atoms with Gasteiger partial charge in [-0.3, -0.25) is 9.98 Å². The van der Waals surface area contributed by atoms with Gasteiger partial charge in [-0.2, -0.15) is 0 Å². The summed E-state index contributed by atoms with van der Waals surface area (Å²) in [7, 11) is 1.67. The Labute approximate surface area is 279 Å². The number of aliphatic hydroxyl groups excluding tert-OH is 1. The predicted molar refractivity (Wildman–Crippen MR) is 177 cm³/mol. The number of hydrogen-bond donors (Lipinski definition) is 2. The van der Waals surface area contributed by atoms with Crippen LogP contribution in [0.3, 0.4) is 0 Å². The molecule has 0 aliphatic carbocycles. The van der Waals surface area contributed by atoms with Crippen molar-refractivity contribution >= 4 is 11.2 Å². The Kier molecular flexibility index (Phi) is 8.88. The van der Waals surface area contributed by atoms with Crippen LogP contribution < -0.4 is 10.2 Å². The number of benzene rings is 3. The Bertz CT molecular complexity index is 1850. The van der Waals surface area contributed by atoms with Crippen molar-refractivity contribution in [3.05, 3.63) is 120 Å². The summed E-state index contributed by atoms with van der Waals surface area (Å²) >= 11 is 0. The van der Waals surface area contributed by atoms with E-state index in [1.54, 1.807) is 28.9 Å². The normalized spacial score (nSPS) is 21.8. The van der Waals surface area contributed by atoms with Crippen LogP contribution in [0.15, 0.2) is 97.6 Å². The molecule has 2 saturated heterocycles. The van der Waals surface area contributed by atoms with E-state index in [0.29, 0.717) is 24.3 Å². The molecule has 0 saturated carbocycles. The maximum atomic E-state index is 9.90. The van der Waals surface area contributed by atoms with Crippen molar-refractivity contribution in [2.24, 2.45) is 0 Å². The summed E-state index contributed by atoms with van der Waals surface area (Å²) in [6.45, 7) is 4.56. The number of aryl methyl sites for hydroxylation is 1. The lowest BCUT2D eigenvalue weighted by Crippen LogP contribution is -2.33. The second kappa shape index (κ2) is 13.3. The summed E-state index contributed by atoms with van der Waals surface area (Å²) in [4.78, 5) is 9.22. The van der Waals surface area contributed by atoms with Gasteiger partial charge in [0.15, 0.2) is 23.1 Å². The summed E-state index contributed by atoms with van der Waals surface area (Å²) < 4.78 is 34.2. The first-order valence-electron chi connectivity index (χ1n) is 16.3. The van der Waals surface area contributed by atoms with E-state index in [1.165, 1.54) is 0 Å². The second-order valence-corrected chi connectivity index (χ2v) is 12.6. The molecular formula is C37H41N5O6. The number of aliphatic hydroxyl groups is 1. The first-order valence-corrected chi connectivity index (χ1v) is 16.3. The lowest BCUT2D eigenvalue weighted by molar-refractivity contribution is -0.199. The average molecular weight is 652 g/mol. The minimum Gasteiger partial charge on any atom is -0.497 e. The van der Waals surface area contributed by atoms with Gasteiger partial charge in [-0.25, -0.2) is 9.97 Å². The summed E-state index contributed by atoms with van der Waals surface area (Å²) in [6, 6.07) is 28.6. The van der Waals surface area contributed by atoms with Crippen molar-refractivity contribution < 1.29 is 28.8 Å². The van der Waals surface area contributed by atoms with Crippen molar-refractivity contribution in [1.82, 2.24) is 19.1 Å². The highest BCUT2D eigenvalue weighted by atomic mass is 16.8. The Balaban J connectivity index is 1.08. The zero-order valence-electron chi connectivity index (χ0n) is 27.4. The summed E-state index contributed by atoms with van der Waals surface area (Å²) in [5.74, 6) is -0.00939. The van der Waals surface area contributed by atoms with Crippen LogP contribution in [0.1, 0.15) is 49.6 Å². The maximum Gasteiger partial charge on any atom is 0.167 e. The molecule has 5 aromatic rings. The van der Waals surface area contributed by atoms with Gasteiger partial charge < -0.3 is 33.4 Å². The van der Waals surface area contributed by atoms with Crippen LogP contribution in [-0.4, -0.2) is 68.6 Å². The molecule has 2 N–H and O–H groups in total. The highest BCUT2D eigenvalue weighted by Gasteiger charge is 2.56. The topological polar surface area (TPSA) is 126 Å². The smallest absolute Gasteiger partial charge is 0.167 e. The van der Waals surface area contributed by atoms with Gasteiger partial charge in [0.25, 0.3) is 0 Å². The lowest BCUT2D eigenvalue weighted by Gasteiger charge is -2.36. The van der Waals surface area contributed by atoms with Gasteiger partial charge in [0.1, 0.15) is 35.2 Å². The molecule has 4 heterocycles. The van der Waals surface area contributed by atoms with Crippen LogP contribution in [0.5, 0.6) is 5.75 Å². The van der Waals surface area contributed by atoms with Crippen molar-refractivity contribution in [2.75, 3.05) is 20.3 Å². The molecule has 0 spiro atoms. The van der Waals surface area contributed by atoms with E-state index >= 15 is 0 Å². The second-order valence-electron chi connectivity index (χ2n) is 12.6. The molecule has 0 amide bonds. The third kappa shape index (κ3) is 5.82. The third-order valence-corrected chi connectivity index (χ3v) is 9.15. The Morgan fingerprint density at radius 3 is 2.15 bits per heavy atom. The van der Waals surface area contributed by atoms with E-state index in [9.17, 15) is 5.11 Å². The lowest BCUT2D eigenvalue weighted by atomic mass is 9.80. The van der Waals surface area contributed by atoms with E-state index in [-0.39, 0.29) is 12.1 Å². The van der Waals surface area contributed by atoms with Gasteiger partial charge in [-0.15, -0.1) is 0 Å². The summed E-state index contributed by atoms with van der Waals surface area (Å²) in [6.07, 6.45) is 2.85. The number of methoxy groups -OCH3 is 1. The summed E-state index contributed by atoms with van der Waals surface area (Å²) in [5.41, 5.74) is 3.50. The van der Waals surface area contributed by atoms with Gasteiger partial charge in [-0.1, -0.05) is 72.8 Å². The number of nitrogens with zero attached hydrogens (tertiary/aromatic N) is 4. The molecule has 7 rings (SSSR count). The fourth-order valence-corrected chi connectivity index (χ4v) is 6.88. The van der Waals surface area contributed by atoms with Gasteiger partial charge in [0, 0.05) is 13.2 Å². The fourth-order valence-electron chi connectivity index (χ4n) is 6.88. The SMILES string of the molecule is COc1ccc(C(OCCCCn2cnc3c(ncn3[C@@H]3O[C@H](CO)[C@H]4OC(C)(C)O[C@H]43)c2=N)(c2ccccc2)c2ccccc2)cc1. The zero-order valence-corrected chi connectivity index (χ0v) is 27.4. The number of hydrogen-bond acceptors (Lipinski definition) is 9. The highest BCUT2D eigenvalue weighted by molar-refractivity contribution is 5.68. The van der Waals surface area contributed by atoms with E-state index in [4.69, 9.17) is 29.1 Å². The molecule has 0 unspecified atom stereocenters. The molecule has 48 heavy (non-hydrogen) atoms. The number of fused-ring (bicyclic) bond motifs is 2. The van der Waals surface area contributed by atoms with Crippen LogP contribution in [-0.2, 0) is 31.1 Å². The molecule has 250 valence electrons. The molecule has 0 bridgehead atoms. The molecule has 4 atom stereocenters. The first-order chi connectivity index (χ1) is 23.3. The van der Waals surface area contributed by atoms with Gasteiger partial charge >= 0.3 is 0 Å². The number of imidazole rings is 1. The van der Waals surface area contributed by atoms with Gasteiger partial charge in [-0.05, 0) is 55.5 Å². The van der Waals surface area contributed by atoms with Gasteiger partial charge in [0.2, 0.25) is 0 Å². The molecular weight excluding hydrogens is 610 g/mol. The third-order valence-electron chi connectivity index (χ3n) is 9.15. The van der Waals surface area contributed by atoms with Crippen molar-refractivity contribution in [3.63, 3.8) is 0 Å². The van der Waals surface area contributed by atoms with E-state index in [1.807, 2.05) is 62.4 Å². The van der Waals surface area contributed by atoms with Crippen LogP contribution in [0, 0.1) is 5.41 Å². The maximum absolute atomic E-state index is 9.90. The molecule has 2 aliphatic rings. The largest absolute Gasteiger partial charge is 0.497 e. The number of ether oxygens (including phenoxy) is 5. The Morgan fingerprint density at radius 2 is 1.50 bits per heavy atom. The van der Waals surface area contributed by atoms with Gasteiger partial charge in [0.05, 0.1) is 26.4 Å². The molecule has 2 aliphatic heterocycles. The van der Waals surface area contributed by atoms with Crippen molar-refractivity contribution in [2.45, 2.75) is 69.2 Å². The fraction of sp³-hybridized carbons (Fsp3) is 0.378. The number of nitrogens with one attached hydrogen (secondary N) is 1. The minimum atomic E-state index is -0.824. The first kappa shape index (κ1) is 32.2. The number of unbranched alkanes of at least 4 members (excludes halogenated alkanes) is 1. The molecule has 11 heteroatoms. The van der Waals surface area contributed by atoms with Crippen LogP contribution in [0.4, 0.5) is 0 Å². The summed E-state index contributed by atoms with van der Waals surface area (Å²) in [5, 5.41) is 18.8. The van der Waals surface area contributed by atoms with E-state index in [2.05, 4.69) is 46.4 Å². The quantitative estimate of drug-likeness (QED) is 0.144. The molecule has 2 aromatic heterocycles. The number of aromatic nitrogens is 4. The van der Waals surface area contributed by atoms with Crippen LogP contribution >= 0.6 is 0 Å². The van der Waals surface area contributed by atoms with E-state index in [0.717, 1.165) is 35.3 Å². The molecule has 3 aromatic carbocycles. The van der Waals surface area contributed by atoms with Crippen molar-refractivity contribution in [3.8, 4) is 5.75 Å².